The van der Waals surface area contributed by atoms with Crippen LogP contribution in [0.4, 0.5) is 0 Å². The summed E-state index contributed by atoms with van der Waals surface area (Å²) in [7, 11) is 0. The Morgan fingerprint density at radius 2 is 2.34 bits per heavy atom. The number of morpholine rings is 1. The van der Waals surface area contributed by atoms with Crippen LogP contribution in [-0.4, -0.2) is 82.2 Å². The first kappa shape index (κ1) is 22.5. The molecule has 0 spiro atoms. The summed E-state index contributed by atoms with van der Waals surface area (Å²) in [5, 5.41) is 8.96. The zero-order chi connectivity index (χ0) is 20.3. The van der Waals surface area contributed by atoms with Gasteiger partial charge in [0.1, 0.15) is 0 Å². The van der Waals surface area contributed by atoms with Crippen LogP contribution in [0, 0.1) is 0 Å². The molecule has 0 aromatic carbocycles. The molecule has 3 heterocycles. The predicted molar refractivity (Wildman–Crippen MR) is 118 cm³/mol. The van der Waals surface area contributed by atoms with E-state index in [0.29, 0.717) is 6.04 Å². The van der Waals surface area contributed by atoms with Crippen LogP contribution in [0.15, 0.2) is 22.5 Å². The Balaban J connectivity index is 1.50. The van der Waals surface area contributed by atoms with Crippen LogP contribution in [-0.2, 0) is 14.2 Å². The molecule has 2 N–H and O–H groups in total. The van der Waals surface area contributed by atoms with Crippen molar-refractivity contribution in [2.75, 3.05) is 59.2 Å². The number of hydrogen-bond acceptors (Lipinski definition) is 6. The second kappa shape index (κ2) is 12.5. The van der Waals surface area contributed by atoms with Crippen molar-refractivity contribution in [3.8, 4) is 0 Å². The van der Waals surface area contributed by atoms with E-state index in [1.807, 2.05) is 11.3 Å². The smallest absolute Gasteiger partial charge is 0.191 e. The van der Waals surface area contributed by atoms with Gasteiger partial charge < -0.3 is 24.8 Å². The second-order valence-electron chi connectivity index (χ2n) is 7.56. The number of aliphatic imine (C=N–C) groups is 1. The summed E-state index contributed by atoms with van der Waals surface area (Å²) in [5.74, 6) is 0.875. The highest BCUT2D eigenvalue weighted by atomic mass is 32.1. The third-order valence-electron chi connectivity index (χ3n) is 5.21. The van der Waals surface area contributed by atoms with E-state index in [4.69, 9.17) is 19.2 Å². The molecule has 2 aliphatic heterocycles. The Labute approximate surface area is 178 Å². The van der Waals surface area contributed by atoms with E-state index in [9.17, 15) is 0 Å². The van der Waals surface area contributed by atoms with Crippen LogP contribution in [0.1, 0.15) is 37.6 Å². The van der Waals surface area contributed by atoms with Gasteiger partial charge in [0, 0.05) is 44.3 Å². The molecule has 8 heteroatoms. The molecule has 3 unspecified atom stereocenters. The van der Waals surface area contributed by atoms with Gasteiger partial charge in [0.05, 0.1) is 38.0 Å². The van der Waals surface area contributed by atoms with Crippen molar-refractivity contribution in [3.05, 3.63) is 22.4 Å². The molecule has 2 aliphatic rings. The zero-order valence-electron chi connectivity index (χ0n) is 17.8. The number of ether oxygens (including phenoxy) is 3. The number of thiophene rings is 1. The van der Waals surface area contributed by atoms with E-state index in [0.717, 1.165) is 78.0 Å². The van der Waals surface area contributed by atoms with Crippen LogP contribution in [0.2, 0.25) is 0 Å². The van der Waals surface area contributed by atoms with Gasteiger partial charge in [-0.3, -0.25) is 9.89 Å². The lowest BCUT2D eigenvalue weighted by Crippen LogP contribution is -2.44. The fourth-order valence-corrected chi connectivity index (χ4v) is 4.54. The Morgan fingerprint density at radius 1 is 1.41 bits per heavy atom. The average molecular weight is 425 g/mol. The third-order valence-corrected chi connectivity index (χ3v) is 6.18. The van der Waals surface area contributed by atoms with Crippen molar-refractivity contribution < 1.29 is 14.2 Å². The van der Waals surface area contributed by atoms with Crippen molar-refractivity contribution in [1.29, 1.82) is 0 Å². The summed E-state index contributed by atoms with van der Waals surface area (Å²) < 4.78 is 16.9. The molecule has 3 rings (SSSR count). The number of nitrogens with one attached hydrogen (secondary N) is 2. The standard InChI is InChI=1S/C21H36N4O3S/c1-3-22-21(23-8-5-10-28-18-7-11-26-16-18)24-14-19(20-6-4-13-29-20)25-9-12-27-17(2)15-25/h4,6,13,17-19H,3,5,7-12,14-16H2,1-2H3,(H2,22,23,24). The monoisotopic (exact) mass is 424 g/mol. The van der Waals surface area contributed by atoms with E-state index in [1.165, 1.54) is 4.88 Å². The van der Waals surface area contributed by atoms with Gasteiger partial charge >= 0.3 is 0 Å². The molecule has 1 aromatic rings. The first-order valence-electron chi connectivity index (χ1n) is 10.9. The van der Waals surface area contributed by atoms with Crippen LogP contribution in [0.25, 0.3) is 0 Å². The Kier molecular flexibility index (Phi) is 9.69. The second-order valence-corrected chi connectivity index (χ2v) is 8.54. The van der Waals surface area contributed by atoms with Gasteiger partial charge in [0.2, 0.25) is 0 Å². The van der Waals surface area contributed by atoms with E-state index in [-0.39, 0.29) is 12.2 Å². The van der Waals surface area contributed by atoms with Crippen LogP contribution in [0.5, 0.6) is 0 Å². The van der Waals surface area contributed by atoms with Crippen molar-refractivity contribution in [2.45, 2.75) is 44.9 Å². The van der Waals surface area contributed by atoms with Gasteiger partial charge in [-0.15, -0.1) is 11.3 Å². The Bertz CT molecular complexity index is 593. The summed E-state index contributed by atoms with van der Waals surface area (Å²) >= 11 is 1.81. The molecule has 0 bridgehead atoms. The van der Waals surface area contributed by atoms with Crippen LogP contribution in [0.3, 0.4) is 0 Å². The van der Waals surface area contributed by atoms with E-state index >= 15 is 0 Å². The Morgan fingerprint density at radius 3 is 3.07 bits per heavy atom. The van der Waals surface area contributed by atoms with Gasteiger partial charge in [-0.05, 0) is 38.1 Å². The predicted octanol–water partition coefficient (Wildman–Crippen LogP) is 2.26. The SMILES string of the molecule is CCNC(=NCC(c1cccs1)N1CCOC(C)C1)NCCCOC1CCOC1. The summed E-state index contributed by atoms with van der Waals surface area (Å²) in [6, 6.07) is 4.64. The van der Waals surface area contributed by atoms with Gasteiger partial charge in [0.25, 0.3) is 0 Å². The maximum absolute atomic E-state index is 5.84. The molecular weight excluding hydrogens is 388 g/mol. The highest BCUT2D eigenvalue weighted by Crippen LogP contribution is 2.27. The summed E-state index contributed by atoms with van der Waals surface area (Å²) in [4.78, 5) is 8.77. The summed E-state index contributed by atoms with van der Waals surface area (Å²) in [6.07, 6.45) is 2.52. The minimum absolute atomic E-state index is 0.270. The lowest BCUT2D eigenvalue weighted by atomic mass is 10.1. The van der Waals surface area contributed by atoms with E-state index < -0.39 is 0 Å². The lowest BCUT2D eigenvalue weighted by Gasteiger charge is -2.36. The molecule has 0 saturated carbocycles. The molecule has 3 atom stereocenters. The molecule has 7 nitrogen and oxygen atoms in total. The van der Waals surface area contributed by atoms with Crippen molar-refractivity contribution in [1.82, 2.24) is 15.5 Å². The molecule has 164 valence electrons. The largest absolute Gasteiger partial charge is 0.379 e. The van der Waals surface area contributed by atoms with Gasteiger partial charge in [-0.2, -0.15) is 0 Å². The third kappa shape index (κ3) is 7.53. The quantitative estimate of drug-likeness (QED) is 0.341. The number of rotatable bonds is 10. The van der Waals surface area contributed by atoms with Gasteiger partial charge in [-0.1, -0.05) is 6.07 Å². The fourth-order valence-electron chi connectivity index (χ4n) is 3.69. The minimum Gasteiger partial charge on any atom is -0.379 e. The van der Waals surface area contributed by atoms with Gasteiger partial charge in [-0.25, -0.2) is 0 Å². The number of hydrogen-bond donors (Lipinski definition) is 2. The highest BCUT2D eigenvalue weighted by molar-refractivity contribution is 7.10. The first-order chi connectivity index (χ1) is 14.3. The van der Waals surface area contributed by atoms with Crippen molar-refractivity contribution >= 4 is 17.3 Å². The molecule has 2 fully saturated rings. The molecular formula is C21H36N4O3S. The molecule has 0 amide bonds. The minimum atomic E-state index is 0.270. The lowest BCUT2D eigenvalue weighted by molar-refractivity contribution is -0.0327. The molecule has 2 saturated heterocycles. The van der Waals surface area contributed by atoms with E-state index in [2.05, 4.69) is 46.9 Å². The highest BCUT2D eigenvalue weighted by Gasteiger charge is 2.26. The molecule has 0 aliphatic carbocycles. The van der Waals surface area contributed by atoms with E-state index in [1.54, 1.807) is 0 Å². The van der Waals surface area contributed by atoms with Gasteiger partial charge in [0.15, 0.2) is 5.96 Å². The van der Waals surface area contributed by atoms with Crippen molar-refractivity contribution in [3.63, 3.8) is 0 Å². The normalized spacial score (nSPS) is 24.6. The maximum atomic E-state index is 5.84. The first-order valence-corrected chi connectivity index (χ1v) is 11.7. The fraction of sp³-hybridized carbons (Fsp3) is 0.762. The summed E-state index contributed by atoms with van der Waals surface area (Å²) in [5.41, 5.74) is 0. The number of guanidine groups is 1. The van der Waals surface area contributed by atoms with Crippen molar-refractivity contribution in [2.24, 2.45) is 4.99 Å². The average Bonchev–Trinajstić information content (AvgIpc) is 3.42. The van der Waals surface area contributed by atoms with Crippen LogP contribution < -0.4 is 10.6 Å². The topological polar surface area (TPSA) is 67.4 Å². The summed E-state index contributed by atoms with van der Waals surface area (Å²) in [6.45, 7) is 11.7. The maximum Gasteiger partial charge on any atom is 0.191 e. The van der Waals surface area contributed by atoms with Crippen LogP contribution >= 0.6 is 11.3 Å². The molecule has 0 radical (unpaired) electrons. The number of nitrogens with zero attached hydrogens (tertiary/aromatic N) is 2. The zero-order valence-corrected chi connectivity index (χ0v) is 18.6. The molecule has 1 aromatic heterocycles. The molecule has 29 heavy (non-hydrogen) atoms. The Hall–Kier alpha value is -1.19.